The molecule has 4 aromatic rings. The van der Waals surface area contributed by atoms with Crippen molar-refractivity contribution in [1.29, 1.82) is 0 Å². The van der Waals surface area contributed by atoms with Crippen molar-refractivity contribution in [3.05, 3.63) is 79.1 Å². The Kier molecular flexibility index (Phi) is 15.7. The van der Waals surface area contributed by atoms with E-state index in [2.05, 4.69) is 27.3 Å². The van der Waals surface area contributed by atoms with Crippen molar-refractivity contribution in [2.75, 3.05) is 52.5 Å². The Bertz CT molecular complexity index is 2060. The smallest absolute Gasteiger partial charge is 0.490 e. The number of phenols is 1. The van der Waals surface area contributed by atoms with E-state index in [1.165, 1.54) is 11.6 Å². The number of amides is 1. The van der Waals surface area contributed by atoms with E-state index in [4.69, 9.17) is 29.3 Å². The normalized spacial score (nSPS) is 16.2. The number of carbonyl (C=O) groups is 3. The maximum Gasteiger partial charge on any atom is 0.490 e. The van der Waals surface area contributed by atoms with Crippen molar-refractivity contribution in [3.8, 4) is 11.5 Å². The van der Waals surface area contributed by atoms with Gasteiger partial charge < -0.3 is 45.1 Å². The van der Waals surface area contributed by atoms with Gasteiger partial charge in [-0.2, -0.15) is 26.3 Å². The number of thiazole rings is 1. The molecule has 0 radical (unpaired) electrons. The van der Waals surface area contributed by atoms with E-state index >= 15 is 0 Å². The molecule has 58 heavy (non-hydrogen) atoms. The molecular formula is C36H40F6N4O10S2. The number of benzene rings is 2. The first kappa shape index (κ1) is 46.0. The number of aliphatic carboxylic acids is 2. The van der Waals surface area contributed by atoms with Crippen LogP contribution in [-0.2, 0) is 20.9 Å². The minimum atomic E-state index is -5.08. The third-order valence-corrected chi connectivity index (χ3v) is 10.8. The molecule has 6 N–H and O–H groups in total. The zero-order valence-corrected chi connectivity index (χ0v) is 32.3. The summed E-state index contributed by atoms with van der Waals surface area (Å²) in [7, 11) is 0. The Morgan fingerprint density at radius 1 is 0.983 bits per heavy atom. The SMILES string of the molecule is Cc1ccc(C(=O)N2CCOC3(CCN(Cc4cccc(OCCNC[C@H](O)c5ccc(O)c6[nH]c(=O)sc56)c4)CC3)C2)s1.O=C(O)C(F)(F)F.O=C(O)C(F)(F)F. The summed E-state index contributed by atoms with van der Waals surface area (Å²) in [5.74, 6) is -4.61. The monoisotopic (exact) mass is 866 g/mol. The van der Waals surface area contributed by atoms with Gasteiger partial charge in [0.15, 0.2) is 0 Å². The summed E-state index contributed by atoms with van der Waals surface area (Å²) in [5, 5.41) is 38.1. The number of ether oxygens (including phenoxy) is 2. The molecule has 2 aromatic carbocycles. The zero-order valence-electron chi connectivity index (χ0n) is 30.7. The zero-order chi connectivity index (χ0) is 42.8. The summed E-state index contributed by atoms with van der Waals surface area (Å²) >= 11 is 2.53. The number of likely N-dealkylation sites (tertiary alicyclic amines) is 1. The highest BCUT2D eigenvalue weighted by molar-refractivity contribution is 7.16. The van der Waals surface area contributed by atoms with Gasteiger partial charge in [-0.3, -0.25) is 14.5 Å². The van der Waals surface area contributed by atoms with Crippen LogP contribution in [0.4, 0.5) is 26.3 Å². The van der Waals surface area contributed by atoms with Crippen LogP contribution in [0.15, 0.2) is 53.3 Å². The van der Waals surface area contributed by atoms with Gasteiger partial charge in [0.2, 0.25) is 0 Å². The molecule has 0 aliphatic carbocycles. The Hall–Kier alpha value is -4.74. The molecule has 4 heterocycles. The largest absolute Gasteiger partial charge is 0.506 e. The lowest BCUT2D eigenvalue weighted by molar-refractivity contribution is -0.193. The molecule has 2 aliphatic heterocycles. The second-order valence-corrected chi connectivity index (χ2v) is 15.4. The number of carbonyl (C=O) groups excluding carboxylic acids is 1. The average molecular weight is 867 g/mol. The summed E-state index contributed by atoms with van der Waals surface area (Å²) in [6.07, 6.45) is -9.21. The highest BCUT2D eigenvalue weighted by Gasteiger charge is 2.41. The van der Waals surface area contributed by atoms with Crippen LogP contribution in [0.2, 0.25) is 0 Å². The molecule has 2 saturated heterocycles. The van der Waals surface area contributed by atoms with Crippen molar-refractivity contribution in [2.24, 2.45) is 0 Å². The molecule has 1 amide bonds. The van der Waals surface area contributed by atoms with E-state index in [9.17, 15) is 46.1 Å². The number of aromatic amines is 1. The van der Waals surface area contributed by atoms with Gasteiger partial charge in [0.05, 0.1) is 34.4 Å². The fourth-order valence-electron chi connectivity index (χ4n) is 6.03. The number of aromatic hydroxyl groups is 1. The predicted molar refractivity (Wildman–Crippen MR) is 199 cm³/mol. The quantitative estimate of drug-likeness (QED) is 0.0907. The number of halogens is 6. The van der Waals surface area contributed by atoms with Gasteiger partial charge >= 0.3 is 29.2 Å². The van der Waals surface area contributed by atoms with Gasteiger partial charge in [0.1, 0.15) is 23.6 Å². The number of rotatable bonds is 10. The van der Waals surface area contributed by atoms with Crippen LogP contribution in [-0.4, -0.2) is 123 Å². The number of aryl methyl sites for hydroxylation is 1. The number of hydrogen-bond donors (Lipinski definition) is 6. The van der Waals surface area contributed by atoms with E-state index in [1.54, 1.807) is 17.4 Å². The highest BCUT2D eigenvalue weighted by Crippen LogP contribution is 2.33. The summed E-state index contributed by atoms with van der Waals surface area (Å²) in [4.78, 5) is 51.3. The minimum Gasteiger partial charge on any atom is -0.506 e. The molecule has 1 atom stereocenters. The fraction of sp³-hybridized carbons (Fsp3) is 0.444. The van der Waals surface area contributed by atoms with Gasteiger partial charge in [-0.25, -0.2) is 9.59 Å². The van der Waals surface area contributed by atoms with E-state index in [1.807, 2.05) is 36.1 Å². The number of aliphatic hydroxyl groups is 1. The number of fused-ring (bicyclic) bond motifs is 1. The first-order valence-electron chi connectivity index (χ1n) is 17.4. The van der Waals surface area contributed by atoms with Crippen molar-refractivity contribution in [2.45, 2.75) is 50.4 Å². The summed E-state index contributed by atoms with van der Waals surface area (Å²) in [6.45, 7) is 7.79. The second kappa shape index (κ2) is 19.8. The number of thiophene rings is 1. The molecule has 0 saturated carbocycles. The standard InChI is InChI=1S/C32H38N4O6S2.2C2HF3O2/c1-21-5-8-27(43-21)30(39)36-14-16-42-32(20-36)9-12-35(13-10-32)19-22-3-2-4-23(17-22)41-15-11-33-18-26(38)24-6-7-25(37)28-29(24)44-31(40)34-28;2*3-2(4,5)1(6)7/h2-8,17,26,33,37-38H,9-16,18-20H2,1H3,(H,34,40);2*(H,6,7)/t26-;;/m0../s1. The van der Waals surface area contributed by atoms with Gasteiger partial charge in [-0.05, 0) is 55.7 Å². The first-order chi connectivity index (χ1) is 27.2. The third-order valence-electron chi connectivity index (χ3n) is 8.88. The maximum absolute atomic E-state index is 13.1. The molecule has 14 nitrogen and oxygen atoms in total. The number of aliphatic hydroxyl groups excluding tert-OH is 1. The molecule has 2 fully saturated rings. The highest BCUT2D eigenvalue weighted by atomic mass is 32.1. The fourth-order valence-corrected chi connectivity index (χ4v) is 7.78. The average Bonchev–Trinajstić information content (AvgIpc) is 3.78. The molecule has 1 spiro atoms. The molecule has 0 unspecified atom stereocenters. The molecule has 2 aliphatic rings. The lowest BCUT2D eigenvalue weighted by Gasteiger charge is -2.47. The molecule has 6 rings (SSSR count). The number of aromatic nitrogens is 1. The molecule has 0 bridgehead atoms. The van der Waals surface area contributed by atoms with E-state index in [-0.39, 0.29) is 28.7 Å². The van der Waals surface area contributed by atoms with Crippen LogP contribution in [0.25, 0.3) is 10.2 Å². The predicted octanol–water partition coefficient (Wildman–Crippen LogP) is 5.14. The summed E-state index contributed by atoms with van der Waals surface area (Å²) in [6, 6.07) is 15.2. The van der Waals surface area contributed by atoms with Gasteiger partial charge in [-0.1, -0.05) is 29.5 Å². The van der Waals surface area contributed by atoms with Crippen LogP contribution >= 0.6 is 22.7 Å². The Morgan fingerprint density at radius 3 is 2.24 bits per heavy atom. The second-order valence-electron chi connectivity index (χ2n) is 13.2. The number of alkyl halides is 6. The minimum absolute atomic E-state index is 0.00939. The Balaban J connectivity index is 0.000000456. The lowest BCUT2D eigenvalue weighted by Crippen LogP contribution is -2.57. The van der Waals surface area contributed by atoms with Crippen LogP contribution in [0, 0.1) is 6.92 Å². The number of hydrogen-bond acceptors (Lipinski definition) is 12. The topological polar surface area (TPSA) is 202 Å². The van der Waals surface area contributed by atoms with Gasteiger partial charge in [-0.15, -0.1) is 11.3 Å². The number of morpholine rings is 1. The van der Waals surface area contributed by atoms with Crippen LogP contribution in [0.5, 0.6) is 11.5 Å². The number of piperidine rings is 1. The maximum atomic E-state index is 13.1. The van der Waals surface area contributed by atoms with Crippen molar-refractivity contribution in [1.82, 2.24) is 20.1 Å². The number of H-pyrrole nitrogens is 1. The molecule has 2 aromatic heterocycles. The third kappa shape index (κ3) is 13.1. The van der Waals surface area contributed by atoms with Crippen molar-refractivity contribution in [3.63, 3.8) is 0 Å². The molecule has 22 heteroatoms. The number of carboxylic acids is 2. The first-order valence-corrected chi connectivity index (χ1v) is 19.1. The summed E-state index contributed by atoms with van der Waals surface area (Å²) < 4.78 is 76.3. The summed E-state index contributed by atoms with van der Waals surface area (Å²) in [5.41, 5.74) is 1.87. The van der Waals surface area contributed by atoms with E-state index in [0.717, 1.165) is 59.3 Å². The number of nitrogens with one attached hydrogen (secondary N) is 2. The molecular weight excluding hydrogens is 827 g/mol. The van der Waals surface area contributed by atoms with E-state index < -0.39 is 30.4 Å². The number of phenolic OH excluding ortho intramolecular Hbond substituents is 1. The van der Waals surface area contributed by atoms with Crippen LogP contribution in [0.3, 0.4) is 0 Å². The van der Waals surface area contributed by atoms with Gasteiger partial charge in [0.25, 0.3) is 5.91 Å². The Labute approximate surface area is 334 Å². The van der Waals surface area contributed by atoms with Crippen LogP contribution < -0.4 is 14.9 Å². The van der Waals surface area contributed by atoms with Crippen molar-refractivity contribution < 1.29 is 70.6 Å². The van der Waals surface area contributed by atoms with Gasteiger partial charge in [0, 0.05) is 49.7 Å². The van der Waals surface area contributed by atoms with Crippen LogP contribution in [0.1, 0.15) is 44.6 Å². The molecule has 318 valence electrons. The van der Waals surface area contributed by atoms with E-state index in [0.29, 0.717) is 48.6 Å². The van der Waals surface area contributed by atoms with Crippen molar-refractivity contribution >= 4 is 50.7 Å². The Morgan fingerprint density at radius 2 is 1.64 bits per heavy atom. The lowest BCUT2D eigenvalue weighted by atomic mass is 9.89. The number of nitrogens with zero attached hydrogens (tertiary/aromatic N) is 2. The number of carboxylic acid groups (broad SMARTS) is 2.